The number of carbonyl (C=O) groups excluding carboxylic acids is 1. The summed E-state index contributed by atoms with van der Waals surface area (Å²) in [6.45, 7) is 1.47. The molecule has 0 aliphatic carbocycles. The molecule has 3 aromatic carbocycles. The van der Waals surface area contributed by atoms with E-state index in [1.807, 2.05) is 66.7 Å². The van der Waals surface area contributed by atoms with Crippen LogP contribution in [0.25, 0.3) is 22.0 Å². The molecule has 1 amide bonds. The molecule has 1 N–H and O–H groups in total. The monoisotopic (exact) mass is 519 g/mol. The van der Waals surface area contributed by atoms with E-state index in [0.29, 0.717) is 22.7 Å². The second-order valence-corrected chi connectivity index (χ2v) is 9.23. The molecule has 33 heavy (non-hydrogen) atoms. The van der Waals surface area contributed by atoms with Crippen LogP contribution in [0.2, 0.25) is 5.02 Å². The number of pyridine rings is 1. The Balaban J connectivity index is 1.76. The van der Waals surface area contributed by atoms with Gasteiger partial charge in [-0.15, -0.1) is 0 Å². The molecule has 7 heteroatoms. The van der Waals surface area contributed by atoms with Crippen LogP contribution in [0.5, 0.6) is 0 Å². The number of fused-ring (bicyclic) bond motifs is 1. The van der Waals surface area contributed by atoms with Crippen LogP contribution in [0.15, 0.2) is 87.2 Å². The van der Waals surface area contributed by atoms with Gasteiger partial charge in [-0.3, -0.25) is 9.59 Å². The predicted octanol–water partition coefficient (Wildman–Crippen LogP) is 6.31. The summed E-state index contributed by atoms with van der Waals surface area (Å²) >= 11 is 10.0. The first-order valence-corrected chi connectivity index (χ1v) is 11.6. The molecule has 164 valence electrons. The number of amides is 1. The molecule has 1 aliphatic rings. The number of hydrogen-bond acceptors (Lipinski definition) is 3. The number of hydrogen-bond donors (Lipinski definition) is 1. The third-order valence-electron chi connectivity index (χ3n) is 5.82. The van der Waals surface area contributed by atoms with E-state index < -0.39 is 0 Å². The highest BCUT2D eigenvalue weighted by atomic mass is 79.9. The number of carbonyl (C=O) groups is 1. The van der Waals surface area contributed by atoms with Crippen LogP contribution in [0.4, 0.5) is 0 Å². The van der Waals surface area contributed by atoms with E-state index in [1.165, 1.54) is 11.9 Å². The van der Waals surface area contributed by atoms with Crippen LogP contribution < -0.4 is 5.56 Å². The molecule has 4 aromatic rings. The molecule has 0 radical (unpaired) electrons. The molecule has 2 heterocycles. The molecule has 0 saturated carbocycles. The summed E-state index contributed by atoms with van der Waals surface area (Å²) in [5.41, 5.74) is 4.00. The Bertz CT molecular complexity index is 1480. The van der Waals surface area contributed by atoms with Crippen LogP contribution in [0, 0.1) is 0 Å². The second-order valence-electron chi connectivity index (χ2n) is 7.91. The Labute approximate surface area is 203 Å². The summed E-state index contributed by atoms with van der Waals surface area (Å²) in [4.78, 5) is 28.9. The van der Waals surface area contributed by atoms with E-state index >= 15 is 0 Å². The number of aromatic amines is 1. The van der Waals surface area contributed by atoms with Crippen molar-refractivity contribution in [1.29, 1.82) is 0 Å². The highest BCUT2D eigenvalue weighted by Gasteiger charge is 2.35. The minimum atomic E-state index is -0.382. The fourth-order valence-corrected chi connectivity index (χ4v) is 5.01. The lowest BCUT2D eigenvalue weighted by Crippen LogP contribution is -2.24. The first-order chi connectivity index (χ1) is 15.9. The fraction of sp³-hybridized carbons (Fsp3) is 0.115. The summed E-state index contributed by atoms with van der Waals surface area (Å²) in [7, 11) is 0. The first-order valence-electron chi connectivity index (χ1n) is 10.5. The SMILES string of the molecule is CC(=O)N1N=C(c2c(-c3ccccc3)c3cc(Br)ccc3[nH]c2=O)C[C@H]1c1ccccc1Cl. The number of benzene rings is 3. The second kappa shape index (κ2) is 8.61. The van der Waals surface area contributed by atoms with E-state index in [2.05, 4.69) is 26.0 Å². The van der Waals surface area contributed by atoms with E-state index in [9.17, 15) is 9.59 Å². The van der Waals surface area contributed by atoms with Crippen LogP contribution in [-0.2, 0) is 4.79 Å². The van der Waals surface area contributed by atoms with Crippen LogP contribution in [-0.4, -0.2) is 21.6 Å². The fourth-order valence-electron chi connectivity index (χ4n) is 4.38. The molecule has 0 spiro atoms. The molecule has 0 bridgehead atoms. The number of H-pyrrole nitrogens is 1. The Morgan fingerprint density at radius 3 is 2.52 bits per heavy atom. The summed E-state index contributed by atoms with van der Waals surface area (Å²) in [5.74, 6) is -0.212. The van der Waals surface area contributed by atoms with E-state index in [1.54, 1.807) is 6.07 Å². The number of rotatable bonds is 3. The zero-order chi connectivity index (χ0) is 23.1. The van der Waals surface area contributed by atoms with Gasteiger partial charge in [0, 0.05) is 39.3 Å². The van der Waals surface area contributed by atoms with E-state index in [0.717, 1.165) is 32.1 Å². The molecule has 1 aromatic heterocycles. The van der Waals surface area contributed by atoms with Crippen molar-refractivity contribution >= 4 is 50.1 Å². The molecule has 5 rings (SSSR count). The van der Waals surface area contributed by atoms with Crippen LogP contribution in [0.1, 0.15) is 30.5 Å². The Morgan fingerprint density at radius 2 is 1.79 bits per heavy atom. The summed E-state index contributed by atoms with van der Waals surface area (Å²) < 4.78 is 0.901. The van der Waals surface area contributed by atoms with Crippen molar-refractivity contribution in [3.63, 3.8) is 0 Å². The normalized spacial score (nSPS) is 15.7. The van der Waals surface area contributed by atoms with Crippen molar-refractivity contribution in [2.75, 3.05) is 0 Å². The van der Waals surface area contributed by atoms with Crippen molar-refractivity contribution in [1.82, 2.24) is 9.99 Å². The zero-order valence-corrected chi connectivity index (χ0v) is 20.0. The minimum Gasteiger partial charge on any atom is -0.321 e. The molecule has 0 fully saturated rings. The zero-order valence-electron chi connectivity index (χ0n) is 17.7. The van der Waals surface area contributed by atoms with Gasteiger partial charge in [0.15, 0.2) is 0 Å². The lowest BCUT2D eigenvalue weighted by atomic mass is 9.91. The highest BCUT2D eigenvalue weighted by Crippen LogP contribution is 2.39. The molecule has 0 saturated heterocycles. The summed E-state index contributed by atoms with van der Waals surface area (Å²) in [6.07, 6.45) is 0.381. The maximum Gasteiger partial charge on any atom is 0.258 e. The maximum atomic E-state index is 13.4. The van der Waals surface area contributed by atoms with Crippen LogP contribution in [0.3, 0.4) is 0 Å². The Kier molecular flexibility index (Phi) is 5.64. The average Bonchev–Trinajstić information content (AvgIpc) is 3.24. The lowest BCUT2D eigenvalue weighted by molar-refractivity contribution is -0.130. The maximum absolute atomic E-state index is 13.4. The van der Waals surface area contributed by atoms with Gasteiger partial charge < -0.3 is 4.98 Å². The molecule has 1 atom stereocenters. The smallest absolute Gasteiger partial charge is 0.258 e. The van der Waals surface area contributed by atoms with E-state index in [-0.39, 0.29) is 17.5 Å². The summed E-state index contributed by atoms with van der Waals surface area (Å²) in [6, 6.07) is 22.6. The molecule has 0 unspecified atom stereocenters. The van der Waals surface area contributed by atoms with Crippen molar-refractivity contribution in [2.24, 2.45) is 5.10 Å². The minimum absolute atomic E-state index is 0.212. The molecule has 5 nitrogen and oxygen atoms in total. The predicted molar refractivity (Wildman–Crippen MR) is 136 cm³/mol. The van der Waals surface area contributed by atoms with Gasteiger partial charge in [-0.2, -0.15) is 5.10 Å². The van der Waals surface area contributed by atoms with Crippen molar-refractivity contribution in [3.8, 4) is 11.1 Å². The van der Waals surface area contributed by atoms with Gasteiger partial charge >= 0.3 is 0 Å². The number of halogens is 2. The molecular weight excluding hydrogens is 502 g/mol. The van der Waals surface area contributed by atoms with Gasteiger partial charge in [0.1, 0.15) is 0 Å². The van der Waals surface area contributed by atoms with Gasteiger partial charge in [0.05, 0.1) is 17.3 Å². The first kappa shape index (κ1) is 21.6. The topological polar surface area (TPSA) is 65.5 Å². The van der Waals surface area contributed by atoms with Crippen molar-refractivity contribution in [2.45, 2.75) is 19.4 Å². The molecule has 1 aliphatic heterocycles. The largest absolute Gasteiger partial charge is 0.321 e. The average molecular weight is 521 g/mol. The van der Waals surface area contributed by atoms with E-state index in [4.69, 9.17) is 11.6 Å². The van der Waals surface area contributed by atoms with Crippen LogP contribution >= 0.6 is 27.5 Å². The number of hydrazone groups is 1. The van der Waals surface area contributed by atoms with Gasteiger partial charge in [0.25, 0.3) is 5.56 Å². The highest BCUT2D eigenvalue weighted by molar-refractivity contribution is 9.10. The van der Waals surface area contributed by atoms with Gasteiger partial charge in [-0.05, 0) is 35.4 Å². The Morgan fingerprint density at radius 1 is 1.06 bits per heavy atom. The van der Waals surface area contributed by atoms with Gasteiger partial charge in [0.2, 0.25) is 5.91 Å². The quantitative estimate of drug-likeness (QED) is 0.344. The van der Waals surface area contributed by atoms with Gasteiger partial charge in [-0.25, -0.2) is 5.01 Å². The number of aromatic nitrogens is 1. The number of nitrogens with zero attached hydrogens (tertiary/aromatic N) is 2. The Hall–Kier alpha value is -3.22. The summed E-state index contributed by atoms with van der Waals surface area (Å²) in [5, 5.41) is 7.52. The number of nitrogens with one attached hydrogen (secondary N) is 1. The van der Waals surface area contributed by atoms with Gasteiger partial charge in [-0.1, -0.05) is 76.1 Å². The molecular formula is C26H19BrClN3O2. The third kappa shape index (κ3) is 3.90. The third-order valence-corrected chi connectivity index (χ3v) is 6.66. The van der Waals surface area contributed by atoms with Crippen molar-refractivity contribution < 1.29 is 4.79 Å². The van der Waals surface area contributed by atoms with Crippen molar-refractivity contribution in [3.05, 3.63) is 104 Å². The lowest BCUT2D eigenvalue weighted by Gasteiger charge is -2.21. The standard InChI is InChI=1S/C26H19BrClN3O2/c1-15(32)31-23(18-9-5-6-10-20(18)28)14-22(30-31)25-24(16-7-3-2-4-8-16)19-13-17(27)11-12-21(19)29-26(25)33/h2-13,23H,14H2,1H3,(H,29,33)/t23-/m0/s1.